The van der Waals surface area contributed by atoms with E-state index in [2.05, 4.69) is 4.98 Å². The number of ether oxygens (including phenoxy) is 3. The van der Waals surface area contributed by atoms with Gasteiger partial charge in [-0.05, 0) is 24.3 Å². The van der Waals surface area contributed by atoms with Gasteiger partial charge in [-0.1, -0.05) is 23.9 Å². The summed E-state index contributed by atoms with van der Waals surface area (Å²) in [6.45, 7) is 0. The molecule has 0 unspecified atom stereocenters. The van der Waals surface area contributed by atoms with Gasteiger partial charge in [0.2, 0.25) is 0 Å². The average Bonchev–Trinajstić information content (AvgIpc) is 2.71. The number of methoxy groups -OCH3 is 3. The van der Waals surface area contributed by atoms with Gasteiger partial charge in [0.25, 0.3) is 5.56 Å². The second-order valence-electron chi connectivity index (χ2n) is 5.46. The topological polar surface area (TPSA) is 79.7 Å². The van der Waals surface area contributed by atoms with Crippen LogP contribution < -0.4 is 15.0 Å². The summed E-state index contributed by atoms with van der Waals surface area (Å²) >= 11 is 1.13. The standard InChI is InChI=1S/C19H18N2O5S/c1-24-15-9-8-12(10-16(15)25-2)21-18(23)13-6-4-5-7-14(13)20-19(21)27-11-17(22)26-3/h4-10H,11H2,1-3H3. The fourth-order valence-corrected chi connectivity index (χ4v) is 3.43. The van der Waals surface area contributed by atoms with Crippen molar-refractivity contribution in [3.8, 4) is 17.2 Å². The van der Waals surface area contributed by atoms with Crippen LogP contribution in [0.4, 0.5) is 0 Å². The number of hydrogen-bond donors (Lipinski definition) is 0. The van der Waals surface area contributed by atoms with Gasteiger partial charge < -0.3 is 14.2 Å². The Kier molecular flexibility index (Phi) is 5.66. The fraction of sp³-hybridized carbons (Fsp3) is 0.211. The van der Waals surface area contributed by atoms with Crippen molar-refractivity contribution in [3.63, 3.8) is 0 Å². The van der Waals surface area contributed by atoms with Gasteiger partial charge in [0.1, 0.15) is 0 Å². The maximum absolute atomic E-state index is 13.1. The number of benzene rings is 2. The SMILES string of the molecule is COC(=O)CSc1nc2ccccc2c(=O)n1-c1ccc(OC)c(OC)c1. The van der Waals surface area contributed by atoms with Crippen LogP contribution in [0.25, 0.3) is 16.6 Å². The molecule has 0 radical (unpaired) electrons. The van der Waals surface area contributed by atoms with Gasteiger partial charge in [-0.15, -0.1) is 0 Å². The molecule has 8 heteroatoms. The van der Waals surface area contributed by atoms with Crippen LogP contribution in [0.5, 0.6) is 11.5 Å². The van der Waals surface area contributed by atoms with E-state index in [1.54, 1.807) is 43.5 Å². The van der Waals surface area contributed by atoms with Crippen molar-refractivity contribution in [3.05, 3.63) is 52.8 Å². The van der Waals surface area contributed by atoms with Crippen molar-refractivity contribution >= 4 is 28.6 Å². The Morgan fingerprint density at radius 3 is 2.52 bits per heavy atom. The van der Waals surface area contributed by atoms with Gasteiger partial charge in [0.15, 0.2) is 16.7 Å². The highest BCUT2D eigenvalue weighted by atomic mass is 32.2. The molecule has 1 heterocycles. The lowest BCUT2D eigenvalue weighted by atomic mass is 10.2. The molecule has 27 heavy (non-hydrogen) atoms. The number of nitrogens with zero attached hydrogens (tertiary/aromatic N) is 2. The quantitative estimate of drug-likeness (QED) is 0.366. The van der Waals surface area contributed by atoms with Crippen LogP contribution >= 0.6 is 11.8 Å². The highest BCUT2D eigenvalue weighted by Gasteiger charge is 2.16. The molecular weight excluding hydrogens is 368 g/mol. The molecule has 0 saturated carbocycles. The molecular formula is C19H18N2O5S. The number of carbonyl (C=O) groups is 1. The normalized spacial score (nSPS) is 10.6. The number of aromatic nitrogens is 2. The molecule has 3 aromatic rings. The molecule has 2 aromatic carbocycles. The van der Waals surface area contributed by atoms with Gasteiger partial charge in [-0.2, -0.15) is 0 Å². The Balaban J connectivity index is 2.21. The van der Waals surface area contributed by atoms with E-state index >= 15 is 0 Å². The first-order valence-electron chi connectivity index (χ1n) is 8.03. The predicted octanol–water partition coefficient (Wildman–Crippen LogP) is 2.67. The van der Waals surface area contributed by atoms with Crippen molar-refractivity contribution < 1.29 is 19.0 Å². The van der Waals surface area contributed by atoms with E-state index in [1.165, 1.54) is 18.8 Å². The number of hydrogen-bond acceptors (Lipinski definition) is 7. The van der Waals surface area contributed by atoms with Gasteiger partial charge in [0, 0.05) is 6.07 Å². The molecule has 0 aliphatic rings. The summed E-state index contributed by atoms with van der Waals surface area (Å²) in [5.41, 5.74) is 0.884. The maximum Gasteiger partial charge on any atom is 0.316 e. The number of esters is 1. The highest BCUT2D eigenvalue weighted by molar-refractivity contribution is 7.99. The molecule has 1 aromatic heterocycles. The van der Waals surface area contributed by atoms with E-state index in [-0.39, 0.29) is 11.3 Å². The lowest BCUT2D eigenvalue weighted by Gasteiger charge is -2.15. The second-order valence-corrected chi connectivity index (χ2v) is 6.40. The van der Waals surface area contributed by atoms with E-state index < -0.39 is 5.97 Å². The predicted molar refractivity (Wildman–Crippen MR) is 103 cm³/mol. The minimum Gasteiger partial charge on any atom is -0.493 e. The summed E-state index contributed by atoms with van der Waals surface area (Å²) in [7, 11) is 4.38. The lowest BCUT2D eigenvalue weighted by Crippen LogP contribution is -2.22. The highest BCUT2D eigenvalue weighted by Crippen LogP contribution is 2.30. The van der Waals surface area contributed by atoms with E-state index in [0.717, 1.165) is 11.8 Å². The fourth-order valence-electron chi connectivity index (χ4n) is 2.58. The molecule has 0 aliphatic carbocycles. The summed E-state index contributed by atoms with van der Waals surface area (Å²) in [6, 6.07) is 12.2. The molecule has 0 atom stereocenters. The van der Waals surface area contributed by atoms with Crippen LogP contribution in [0.15, 0.2) is 52.4 Å². The first-order chi connectivity index (χ1) is 13.1. The summed E-state index contributed by atoms with van der Waals surface area (Å²) in [6.07, 6.45) is 0. The number of rotatable bonds is 6. The van der Waals surface area contributed by atoms with Gasteiger partial charge in [-0.3, -0.25) is 14.2 Å². The van der Waals surface area contributed by atoms with Gasteiger partial charge >= 0.3 is 5.97 Å². The number of carbonyl (C=O) groups excluding carboxylic acids is 1. The molecule has 140 valence electrons. The van der Waals surface area contributed by atoms with Gasteiger partial charge in [0.05, 0.1) is 43.7 Å². The summed E-state index contributed by atoms with van der Waals surface area (Å²) in [4.78, 5) is 29.3. The maximum atomic E-state index is 13.1. The lowest BCUT2D eigenvalue weighted by molar-refractivity contribution is -0.137. The Bertz CT molecular complexity index is 1050. The van der Waals surface area contributed by atoms with Crippen LogP contribution in [0.3, 0.4) is 0 Å². The monoisotopic (exact) mass is 386 g/mol. The third-order valence-corrected chi connectivity index (χ3v) is 4.83. The summed E-state index contributed by atoms with van der Waals surface area (Å²) in [5.74, 6) is 0.668. The molecule has 3 rings (SSSR count). The van der Waals surface area contributed by atoms with Crippen molar-refractivity contribution in [2.24, 2.45) is 0 Å². The van der Waals surface area contributed by atoms with E-state index in [0.29, 0.717) is 33.2 Å². The van der Waals surface area contributed by atoms with Crippen LogP contribution in [0.1, 0.15) is 0 Å². The second kappa shape index (κ2) is 8.13. The van der Waals surface area contributed by atoms with Crippen molar-refractivity contribution in [2.75, 3.05) is 27.1 Å². The van der Waals surface area contributed by atoms with E-state index in [4.69, 9.17) is 14.2 Å². The average molecular weight is 386 g/mol. The summed E-state index contributed by atoms with van der Waals surface area (Å²) < 4.78 is 16.7. The molecule has 0 bridgehead atoms. The van der Waals surface area contributed by atoms with Crippen LogP contribution in [0, 0.1) is 0 Å². The molecule has 0 N–H and O–H groups in total. The first kappa shape index (κ1) is 18.8. The van der Waals surface area contributed by atoms with Crippen molar-refractivity contribution in [1.82, 2.24) is 9.55 Å². The smallest absolute Gasteiger partial charge is 0.316 e. The summed E-state index contributed by atoms with van der Waals surface area (Å²) in [5, 5.41) is 0.867. The van der Waals surface area contributed by atoms with Gasteiger partial charge in [-0.25, -0.2) is 4.98 Å². The molecule has 0 amide bonds. The van der Waals surface area contributed by atoms with E-state index in [9.17, 15) is 9.59 Å². The Labute approximate surface area is 159 Å². The third kappa shape index (κ3) is 3.75. The van der Waals surface area contributed by atoms with Crippen molar-refractivity contribution in [1.29, 1.82) is 0 Å². The zero-order valence-electron chi connectivity index (χ0n) is 15.1. The molecule has 0 spiro atoms. The Morgan fingerprint density at radius 2 is 1.81 bits per heavy atom. The van der Waals surface area contributed by atoms with Crippen LogP contribution in [-0.4, -0.2) is 42.6 Å². The molecule has 7 nitrogen and oxygen atoms in total. The minimum absolute atomic E-state index is 0.0363. The van der Waals surface area contributed by atoms with E-state index in [1.807, 2.05) is 6.07 Å². The Hall–Kier alpha value is -3.00. The molecule has 0 aliphatic heterocycles. The first-order valence-corrected chi connectivity index (χ1v) is 9.01. The number of para-hydroxylation sites is 1. The van der Waals surface area contributed by atoms with Crippen LogP contribution in [0.2, 0.25) is 0 Å². The molecule has 0 fully saturated rings. The number of fused-ring (bicyclic) bond motifs is 1. The Morgan fingerprint density at radius 1 is 1.07 bits per heavy atom. The minimum atomic E-state index is -0.402. The largest absolute Gasteiger partial charge is 0.493 e. The third-order valence-electron chi connectivity index (χ3n) is 3.92. The number of thioether (sulfide) groups is 1. The van der Waals surface area contributed by atoms with Crippen molar-refractivity contribution in [2.45, 2.75) is 5.16 Å². The molecule has 0 saturated heterocycles. The van der Waals surface area contributed by atoms with Crippen LogP contribution in [-0.2, 0) is 9.53 Å². The zero-order valence-corrected chi connectivity index (χ0v) is 15.9. The zero-order chi connectivity index (χ0) is 19.4.